The van der Waals surface area contributed by atoms with Crippen LogP contribution in [0.2, 0.25) is 0 Å². The summed E-state index contributed by atoms with van der Waals surface area (Å²) in [4.78, 5) is 37.5. The third-order valence-electron chi connectivity index (χ3n) is 6.97. The number of ketones is 2. The summed E-state index contributed by atoms with van der Waals surface area (Å²) in [6.07, 6.45) is 19.3. The van der Waals surface area contributed by atoms with E-state index in [2.05, 4.69) is 12.2 Å². The highest BCUT2D eigenvalue weighted by molar-refractivity contribution is 6.24. The SMILES string of the molecule is CCCCCCCCCCCCCCCC(=O)NCC(C)(C)CC1=CC(=O)c2ccccc2C1=O. The smallest absolute Gasteiger partial charge is 0.220 e. The van der Waals surface area contributed by atoms with Crippen molar-refractivity contribution in [1.82, 2.24) is 5.32 Å². The number of hydrogen-bond donors (Lipinski definition) is 1. The standard InChI is InChI=1S/C31H47NO3/c1-4-5-6-7-8-9-10-11-12-13-14-15-16-21-29(34)32-24-31(2,3)23-25-22-28(33)26-19-17-18-20-27(26)30(25)35/h17-20,22H,4-16,21,23-24H2,1-3H3,(H,32,34). The van der Waals surface area contributed by atoms with Crippen molar-refractivity contribution < 1.29 is 14.4 Å². The number of fused-ring (bicyclic) bond motifs is 1. The minimum Gasteiger partial charge on any atom is -0.356 e. The van der Waals surface area contributed by atoms with Crippen LogP contribution in [-0.2, 0) is 4.79 Å². The minimum atomic E-state index is -0.306. The molecule has 1 aliphatic rings. The molecular weight excluding hydrogens is 434 g/mol. The van der Waals surface area contributed by atoms with Crippen LogP contribution >= 0.6 is 0 Å². The van der Waals surface area contributed by atoms with Crippen molar-refractivity contribution in [3.8, 4) is 0 Å². The van der Waals surface area contributed by atoms with E-state index in [-0.39, 0.29) is 22.9 Å². The second kappa shape index (κ2) is 15.7. The van der Waals surface area contributed by atoms with Crippen LogP contribution in [0, 0.1) is 5.41 Å². The van der Waals surface area contributed by atoms with Gasteiger partial charge in [-0.25, -0.2) is 0 Å². The predicted molar refractivity (Wildman–Crippen MR) is 145 cm³/mol. The number of hydrogen-bond acceptors (Lipinski definition) is 3. The van der Waals surface area contributed by atoms with Gasteiger partial charge in [0.2, 0.25) is 5.91 Å². The molecule has 0 fully saturated rings. The lowest BCUT2D eigenvalue weighted by Crippen LogP contribution is -2.35. The van der Waals surface area contributed by atoms with Gasteiger partial charge in [0, 0.05) is 29.7 Å². The molecule has 0 heterocycles. The molecule has 0 bridgehead atoms. The van der Waals surface area contributed by atoms with Crippen LogP contribution in [0.5, 0.6) is 0 Å². The van der Waals surface area contributed by atoms with Crippen LogP contribution in [0.25, 0.3) is 0 Å². The molecule has 2 rings (SSSR count). The Balaban J connectivity index is 1.54. The number of carbonyl (C=O) groups excluding carboxylic acids is 3. The van der Waals surface area contributed by atoms with Gasteiger partial charge in [-0.15, -0.1) is 0 Å². The van der Waals surface area contributed by atoms with Crippen LogP contribution in [0.3, 0.4) is 0 Å². The Hall–Kier alpha value is -2.23. The number of unbranched alkanes of at least 4 members (excludes halogenated alkanes) is 12. The van der Waals surface area contributed by atoms with Crippen LogP contribution in [0.15, 0.2) is 35.9 Å². The summed E-state index contributed by atoms with van der Waals surface area (Å²) in [5.41, 5.74) is 1.19. The number of allylic oxidation sites excluding steroid dienone is 2. The van der Waals surface area contributed by atoms with E-state index in [0.717, 1.165) is 12.8 Å². The van der Waals surface area contributed by atoms with Crippen molar-refractivity contribution in [3.05, 3.63) is 47.0 Å². The van der Waals surface area contributed by atoms with Gasteiger partial charge < -0.3 is 5.32 Å². The van der Waals surface area contributed by atoms with Gasteiger partial charge in [-0.05, 0) is 24.3 Å². The lowest BCUT2D eigenvalue weighted by Gasteiger charge is -2.27. The van der Waals surface area contributed by atoms with Crippen molar-refractivity contribution in [1.29, 1.82) is 0 Å². The van der Waals surface area contributed by atoms with Gasteiger partial charge in [0.05, 0.1) is 0 Å². The molecule has 1 aromatic carbocycles. The first-order chi connectivity index (χ1) is 16.8. The average Bonchev–Trinajstić information content (AvgIpc) is 2.84. The number of nitrogens with one attached hydrogen (secondary N) is 1. The maximum atomic E-state index is 12.8. The first-order valence-electron chi connectivity index (χ1n) is 14.0. The zero-order valence-electron chi connectivity index (χ0n) is 22.4. The summed E-state index contributed by atoms with van der Waals surface area (Å²) in [6.45, 7) is 6.80. The first kappa shape index (κ1) is 29.0. The zero-order chi connectivity index (χ0) is 25.5. The highest BCUT2D eigenvalue weighted by atomic mass is 16.2. The molecule has 1 N–H and O–H groups in total. The number of amides is 1. The predicted octanol–water partition coefficient (Wildman–Crippen LogP) is 8.01. The summed E-state index contributed by atoms with van der Waals surface area (Å²) in [6, 6.07) is 6.98. The molecule has 1 aliphatic carbocycles. The molecule has 0 aliphatic heterocycles. The number of rotatable bonds is 18. The molecule has 0 saturated carbocycles. The molecule has 1 aromatic rings. The highest BCUT2D eigenvalue weighted by Gasteiger charge is 2.29. The Morgan fingerprint density at radius 3 is 1.86 bits per heavy atom. The van der Waals surface area contributed by atoms with Crippen LogP contribution in [-0.4, -0.2) is 24.0 Å². The highest BCUT2D eigenvalue weighted by Crippen LogP contribution is 2.30. The zero-order valence-corrected chi connectivity index (χ0v) is 22.4. The fourth-order valence-corrected chi connectivity index (χ4v) is 4.81. The first-order valence-corrected chi connectivity index (χ1v) is 14.0. The number of benzene rings is 1. The van der Waals surface area contributed by atoms with Crippen molar-refractivity contribution in [2.75, 3.05) is 6.54 Å². The molecule has 0 radical (unpaired) electrons. The fraction of sp³-hybridized carbons (Fsp3) is 0.645. The molecule has 0 saturated heterocycles. The second-order valence-corrected chi connectivity index (χ2v) is 11.0. The molecule has 1 amide bonds. The fourth-order valence-electron chi connectivity index (χ4n) is 4.81. The molecule has 4 nitrogen and oxygen atoms in total. The Morgan fingerprint density at radius 1 is 0.771 bits per heavy atom. The van der Waals surface area contributed by atoms with Gasteiger partial charge in [0.1, 0.15) is 0 Å². The van der Waals surface area contributed by atoms with Gasteiger partial charge in [-0.1, -0.05) is 122 Å². The quantitative estimate of drug-likeness (QED) is 0.216. The third-order valence-corrected chi connectivity index (χ3v) is 6.97. The van der Waals surface area contributed by atoms with Gasteiger partial charge >= 0.3 is 0 Å². The lowest BCUT2D eigenvalue weighted by molar-refractivity contribution is -0.121. The van der Waals surface area contributed by atoms with E-state index in [0.29, 0.717) is 36.1 Å². The summed E-state index contributed by atoms with van der Waals surface area (Å²) < 4.78 is 0. The van der Waals surface area contributed by atoms with Gasteiger partial charge in [-0.3, -0.25) is 14.4 Å². The Kier molecular flexibility index (Phi) is 13.0. The molecule has 0 aromatic heterocycles. The number of Topliss-reactive ketones (excluding diaryl/α,β-unsaturated/α-hetero) is 1. The van der Waals surface area contributed by atoms with E-state index in [1.807, 2.05) is 13.8 Å². The molecule has 0 unspecified atom stereocenters. The van der Waals surface area contributed by atoms with Crippen LogP contribution in [0.4, 0.5) is 0 Å². The maximum absolute atomic E-state index is 12.8. The lowest BCUT2D eigenvalue weighted by atomic mass is 9.79. The Labute approximate surface area is 213 Å². The summed E-state index contributed by atoms with van der Waals surface area (Å²) >= 11 is 0. The van der Waals surface area contributed by atoms with E-state index < -0.39 is 0 Å². The average molecular weight is 482 g/mol. The summed E-state index contributed by atoms with van der Waals surface area (Å²) in [5.74, 6) is -0.115. The van der Waals surface area contributed by atoms with Crippen molar-refractivity contribution in [2.45, 2.75) is 117 Å². The molecule has 0 spiro atoms. The summed E-state index contributed by atoms with van der Waals surface area (Å²) in [5, 5.41) is 3.04. The number of carbonyl (C=O) groups is 3. The second-order valence-electron chi connectivity index (χ2n) is 11.0. The van der Waals surface area contributed by atoms with Crippen LogP contribution < -0.4 is 5.32 Å². The maximum Gasteiger partial charge on any atom is 0.220 e. The van der Waals surface area contributed by atoms with E-state index in [9.17, 15) is 14.4 Å². The Bertz CT molecular complexity index is 853. The van der Waals surface area contributed by atoms with E-state index in [1.165, 1.54) is 76.7 Å². The Morgan fingerprint density at radius 2 is 1.29 bits per heavy atom. The minimum absolute atomic E-state index is 0.0755. The van der Waals surface area contributed by atoms with E-state index >= 15 is 0 Å². The largest absolute Gasteiger partial charge is 0.356 e. The molecule has 35 heavy (non-hydrogen) atoms. The van der Waals surface area contributed by atoms with Crippen molar-refractivity contribution in [3.63, 3.8) is 0 Å². The normalized spacial score (nSPS) is 13.5. The van der Waals surface area contributed by atoms with Gasteiger partial charge in [0.15, 0.2) is 11.6 Å². The third kappa shape index (κ3) is 10.9. The molecule has 4 heteroatoms. The molecule has 0 atom stereocenters. The van der Waals surface area contributed by atoms with Crippen molar-refractivity contribution >= 4 is 17.5 Å². The van der Waals surface area contributed by atoms with Crippen molar-refractivity contribution in [2.24, 2.45) is 5.41 Å². The molecular formula is C31H47NO3. The topological polar surface area (TPSA) is 63.2 Å². The van der Waals surface area contributed by atoms with Gasteiger partial charge in [0.25, 0.3) is 0 Å². The molecule has 194 valence electrons. The van der Waals surface area contributed by atoms with E-state index in [4.69, 9.17) is 0 Å². The van der Waals surface area contributed by atoms with E-state index in [1.54, 1.807) is 24.3 Å². The van der Waals surface area contributed by atoms with Gasteiger partial charge in [-0.2, -0.15) is 0 Å². The monoisotopic (exact) mass is 481 g/mol. The summed E-state index contributed by atoms with van der Waals surface area (Å²) in [7, 11) is 0. The van der Waals surface area contributed by atoms with Crippen LogP contribution in [0.1, 0.15) is 138 Å².